The fourth-order valence-corrected chi connectivity index (χ4v) is 3.43. The van der Waals surface area contributed by atoms with E-state index in [0.717, 1.165) is 18.8 Å². The molecule has 0 N–H and O–H groups in total. The van der Waals surface area contributed by atoms with Gasteiger partial charge in [-0.1, -0.05) is 31.2 Å². The van der Waals surface area contributed by atoms with Gasteiger partial charge in [-0.25, -0.2) is 4.98 Å². The molecule has 0 aliphatic rings. The van der Waals surface area contributed by atoms with Crippen LogP contribution in [0, 0.1) is 6.92 Å². The Labute approximate surface area is 136 Å². The van der Waals surface area contributed by atoms with E-state index in [0.29, 0.717) is 18.2 Å². The monoisotopic (exact) mass is 325 g/mol. The first-order valence-corrected chi connectivity index (χ1v) is 8.28. The summed E-state index contributed by atoms with van der Waals surface area (Å²) in [5, 5.41) is 4.29. The maximum absolute atomic E-state index is 6.34. The van der Waals surface area contributed by atoms with Crippen molar-refractivity contribution in [1.29, 1.82) is 0 Å². The van der Waals surface area contributed by atoms with Crippen molar-refractivity contribution in [2.45, 2.75) is 38.6 Å². The van der Waals surface area contributed by atoms with Gasteiger partial charge in [0.15, 0.2) is 0 Å². The van der Waals surface area contributed by atoms with E-state index >= 15 is 0 Å². The Morgan fingerprint density at radius 2 is 1.90 bits per heavy atom. The van der Waals surface area contributed by atoms with Crippen molar-refractivity contribution in [3.63, 3.8) is 0 Å². The highest BCUT2D eigenvalue weighted by atomic mass is 35.5. The maximum Gasteiger partial charge on any atom is 0.138 e. The van der Waals surface area contributed by atoms with E-state index in [1.54, 1.807) is 6.33 Å². The minimum Gasteiger partial charge on any atom is -0.250 e. The van der Waals surface area contributed by atoms with E-state index in [9.17, 15) is 0 Å². The number of aromatic nitrogens is 3. The molecular weight excluding hydrogens is 305 g/mol. The zero-order valence-corrected chi connectivity index (χ0v) is 14.0. The van der Waals surface area contributed by atoms with Crippen LogP contribution in [-0.4, -0.2) is 26.5 Å². The lowest BCUT2D eigenvalue weighted by molar-refractivity contribution is 0.479. The number of alkyl halides is 2. The Morgan fingerprint density at radius 3 is 2.52 bits per heavy atom. The smallest absolute Gasteiger partial charge is 0.138 e. The summed E-state index contributed by atoms with van der Waals surface area (Å²) in [6, 6.07) is 8.28. The van der Waals surface area contributed by atoms with Gasteiger partial charge in [-0.2, -0.15) is 5.10 Å². The highest BCUT2D eigenvalue weighted by Gasteiger charge is 2.34. The summed E-state index contributed by atoms with van der Waals surface area (Å²) >= 11 is 12.7. The molecule has 0 unspecified atom stereocenters. The van der Waals surface area contributed by atoms with Gasteiger partial charge in [0.1, 0.15) is 12.2 Å². The van der Waals surface area contributed by atoms with E-state index in [-0.39, 0.29) is 5.41 Å². The van der Waals surface area contributed by atoms with Crippen LogP contribution in [0.2, 0.25) is 0 Å². The summed E-state index contributed by atoms with van der Waals surface area (Å²) in [5.74, 6) is 1.86. The molecule has 114 valence electrons. The van der Waals surface area contributed by atoms with E-state index in [4.69, 9.17) is 23.2 Å². The zero-order valence-electron chi connectivity index (χ0n) is 12.5. The lowest BCUT2D eigenvalue weighted by Crippen LogP contribution is -2.35. The van der Waals surface area contributed by atoms with Gasteiger partial charge in [-0.15, -0.1) is 23.2 Å². The lowest BCUT2D eigenvalue weighted by atomic mass is 9.78. The Kier molecular flexibility index (Phi) is 5.65. The van der Waals surface area contributed by atoms with E-state index in [1.165, 1.54) is 11.1 Å². The van der Waals surface area contributed by atoms with Crippen LogP contribution >= 0.6 is 23.2 Å². The SMILES string of the molecule is CCCn1ncnc1CC(CCl)(CCl)c1ccccc1C. The number of benzene rings is 1. The highest BCUT2D eigenvalue weighted by molar-refractivity contribution is 6.22. The van der Waals surface area contributed by atoms with Gasteiger partial charge in [0.05, 0.1) is 0 Å². The number of nitrogens with zero attached hydrogens (tertiary/aromatic N) is 3. The largest absolute Gasteiger partial charge is 0.250 e. The first-order valence-electron chi connectivity index (χ1n) is 7.21. The van der Waals surface area contributed by atoms with Gasteiger partial charge in [0, 0.05) is 30.1 Å². The van der Waals surface area contributed by atoms with Crippen molar-refractivity contribution in [2.24, 2.45) is 0 Å². The van der Waals surface area contributed by atoms with Crippen LogP contribution in [-0.2, 0) is 18.4 Å². The number of halogens is 2. The van der Waals surface area contributed by atoms with Crippen LogP contribution in [0.25, 0.3) is 0 Å². The molecule has 0 saturated heterocycles. The number of aryl methyl sites for hydroxylation is 2. The third-order valence-corrected chi connectivity index (χ3v) is 4.88. The second kappa shape index (κ2) is 7.28. The molecule has 0 amide bonds. The van der Waals surface area contributed by atoms with Crippen molar-refractivity contribution in [2.75, 3.05) is 11.8 Å². The Morgan fingerprint density at radius 1 is 1.19 bits per heavy atom. The summed E-state index contributed by atoms with van der Waals surface area (Å²) in [6.45, 7) is 5.09. The molecule has 0 saturated carbocycles. The van der Waals surface area contributed by atoms with Crippen LogP contribution in [0.1, 0.15) is 30.3 Å². The molecule has 0 atom stereocenters. The van der Waals surface area contributed by atoms with Gasteiger partial charge in [-0.3, -0.25) is 4.68 Å². The minimum absolute atomic E-state index is 0.313. The summed E-state index contributed by atoms with van der Waals surface area (Å²) in [6.07, 6.45) is 3.33. The summed E-state index contributed by atoms with van der Waals surface area (Å²) < 4.78 is 1.95. The normalized spacial score (nSPS) is 11.8. The fraction of sp³-hybridized carbons (Fsp3) is 0.500. The lowest BCUT2D eigenvalue weighted by Gasteiger charge is -2.31. The molecule has 0 radical (unpaired) electrons. The average molecular weight is 326 g/mol. The Hall–Kier alpha value is -1.06. The molecule has 0 fully saturated rings. The molecular formula is C16H21Cl2N3. The van der Waals surface area contributed by atoms with Crippen molar-refractivity contribution in [3.8, 4) is 0 Å². The second-order valence-electron chi connectivity index (χ2n) is 5.44. The summed E-state index contributed by atoms with van der Waals surface area (Å²) in [7, 11) is 0. The van der Waals surface area contributed by atoms with Crippen molar-refractivity contribution in [3.05, 3.63) is 47.5 Å². The predicted molar refractivity (Wildman–Crippen MR) is 88.3 cm³/mol. The molecule has 1 aromatic carbocycles. The van der Waals surface area contributed by atoms with Gasteiger partial charge in [-0.05, 0) is 24.5 Å². The quantitative estimate of drug-likeness (QED) is 0.721. The second-order valence-corrected chi connectivity index (χ2v) is 5.97. The first kappa shape index (κ1) is 16.3. The third kappa shape index (κ3) is 3.41. The number of rotatable bonds is 7. The van der Waals surface area contributed by atoms with E-state index in [2.05, 4.69) is 36.1 Å². The molecule has 1 aromatic heterocycles. The molecule has 0 aliphatic carbocycles. The molecule has 2 rings (SSSR count). The van der Waals surface area contributed by atoms with Crippen LogP contribution in [0.4, 0.5) is 0 Å². The Bertz CT molecular complexity index is 576. The molecule has 0 spiro atoms. The molecule has 5 heteroatoms. The highest BCUT2D eigenvalue weighted by Crippen LogP contribution is 2.33. The van der Waals surface area contributed by atoms with Crippen LogP contribution < -0.4 is 0 Å². The molecule has 2 aromatic rings. The van der Waals surface area contributed by atoms with Crippen molar-refractivity contribution < 1.29 is 0 Å². The maximum atomic E-state index is 6.34. The standard InChI is InChI=1S/C16H21Cl2N3/c1-3-8-21-15(19-12-20-21)9-16(10-17,11-18)14-7-5-4-6-13(14)2/h4-7,12H,3,8-11H2,1-2H3. The van der Waals surface area contributed by atoms with Crippen LogP contribution in [0.3, 0.4) is 0 Å². The van der Waals surface area contributed by atoms with Gasteiger partial charge in [0.2, 0.25) is 0 Å². The average Bonchev–Trinajstić information content (AvgIpc) is 2.93. The number of hydrogen-bond donors (Lipinski definition) is 0. The molecule has 21 heavy (non-hydrogen) atoms. The van der Waals surface area contributed by atoms with Gasteiger partial charge >= 0.3 is 0 Å². The Balaban J connectivity index is 2.39. The number of hydrogen-bond acceptors (Lipinski definition) is 2. The fourth-order valence-electron chi connectivity index (χ4n) is 2.66. The minimum atomic E-state index is -0.313. The first-order chi connectivity index (χ1) is 10.2. The predicted octanol–water partition coefficient (Wildman–Crippen LogP) is 3.95. The topological polar surface area (TPSA) is 30.7 Å². The van der Waals surface area contributed by atoms with Crippen LogP contribution in [0.5, 0.6) is 0 Å². The van der Waals surface area contributed by atoms with Gasteiger partial charge < -0.3 is 0 Å². The van der Waals surface area contributed by atoms with E-state index < -0.39 is 0 Å². The van der Waals surface area contributed by atoms with E-state index in [1.807, 2.05) is 16.8 Å². The molecule has 0 aliphatic heterocycles. The third-order valence-electron chi connectivity index (χ3n) is 3.86. The van der Waals surface area contributed by atoms with Gasteiger partial charge in [0.25, 0.3) is 0 Å². The van der Waals surface area contributed by atoms with Crippen molar-refractivity contribution >= 4 is 23.2 Å². The molecule has 1 heterocycles. The molecule has 0 bridgehead atoms. The van der Waals surface area contributed by atoms with Crippen molar-refractivity contribution in [1.82, 2.24) is 14.8 Å². The summed E-state index contributed by atoms with van der Waals surface area (Å²) in [4.78, 5) is 4.41. The summed E-state index contributed by atoms with van der Waals surface area (Å²) in [5.41, 5.74) is 2.09. The molecule has 3 nitrogen and oxygen atoms in total. The van der Waals surface area contributed by atoms with Crippen LogP contribution in [0.15, 0.2) is 30.6 Å². The zero-order chi connectivity index (χ0) is 15.3.